The lowest BCUT2D eigenvalue weighted by molar-refractivity contribution is 0.426. The third kappa shape index (κ3) is 4.30. The quantitative estimate of drug-likeness (QED) is 0.170. The van der Waals surface area contributed by atoms with Gasteiger partial charge in [-0.1, -0.05) is 146 Å². The van der Waals surface area contributed by atoms with E-state index in [-0.39, 0.29) is 0 Å². The minimum atomic E-state index is -1.55. The van der Waals surface area contributed by atoms with Gasteiger partial charge in [0.1, 0.15) is 0 Å². The van der Waals surface area contributed by atoms with Crippen LogP contribution in [-0.4, -0.2) is 17.2 Å². The van der Waals surface area contributed by atoms with Crippen molar-refractivity contribution >= 4 is 55.7 Å². The minimum Gasteiger partial charge on any atom is -0.423 e. The zero-order valence-electron chi connectivity index (χ0n) is 23.4. The van der Waals surface area contributed by atoms with Gasteiger partial charge >= 0.3 is 7.12 Å². The summed E-state index contributed by atoms with van der Waals surface area (Å²) in [6, 6.07) is 53.1. The minimum absolute atomic E-state index is 0.474. The van der Waals surface area contributed by atoms with E-state index in [0.29, 0.717) is 5.46 Å². The van der Waals surface area contributed by atoms with Gasteiger partial charge < -0.3 is 10.0 Å². The molecule has 0 aliphatic heterocycles. The van der Waals surface area contributed by atoms with E-state index in [1.165, 1.54) is 32.7 Å². The number of hydrogen-bond acceptors (Lipinski definition) is 2. The highest BCUT2D eigenvalue weighted by Crippen LogP contribution is 2.45. The molecule has 0 aliphatic rings. The molecule has 0 aliphatic carbocycles. The average Bonchev–Trinajstić information content (AvgIpc) is 3.06. The number of rotatable bonds is 4. The maximum absolute atomic E-state index is 10.2. The molecule has 8 rings (SSSR count). The first kappa shape index (κ1) is 25.5. The molecule has 0 aromatic heterocycles. The molecule has 0 atom stereocenters. The van der Waals surface area contributed by atoms with Crippen molar-refractivity contribution in [3.8, 4) is 33.4 Å². The summed E-state index contributed by atoms with van der Waals surface area (Å²) in [5.41, 5.74) is 7.31. The summed E-state index contributed by atoms with van der Waals surface area (Å²) < 4.78 is 0. The van der Waals surface area contributed by atoms with E-state index >= 15 is 0 Å². The van der Waals surface area contributed by atoms with Crippen LogP contribution in [0.15, 0.2) is 152 Å². The van der Waals surface area contributed by atoms with E-state index in [2.05, 4.69) is 133 Å². The molecular weight excluding hydrogens is 523 g/mol. The van der Waals surface area contributed by atoms with E-state index in [1.54, 1.807) is 0 Å². The number of hydrogen-bond donors (Lipinski definition) is 2. The van der Waals surface area contributed by atoms with Crippen molar-refractivity contribution in [1.29, 1.82) is 0 Å². The lowest BCUT2D eigenvalue weighted by atomic mass is 9.77. The first-order valence-electron chi connectivity index (χ1n) is 14.6. The zero-order valence-corrected chi connectivity index (χ0v) is 23.4. The summed E-state index contributed by atoms with van der Waals surface area (Å²) in [6.07, 6.45) is 0. The summed E-state index contributed by atoms with van der Waals surface area (Å²) in [5.74, 6) is 0. The van der Waals surface area contributed by atoms with Crippen LogP contribution in [0.1, 0.15) is 0 Å². The summed E-state index contributed by atoms with van der Waals surface area (Å²) in [5, 5.41) is 29.5. The Kier molecular flexibility index (Phi) is 6.08. The van der Waals surface area contributed by atoms with Crippen LogP contribution in [0.4, 0.5) is 0 Å². The van der Waals surface area contributed by atoms with Gasteiger partial charge in [-0.05, 0) is 88.0 Å². The molecule has 0 unspecified atom stereocenters. The Morgan fingerprint density at radius 1 is 0.349 bits per heavy atom. The second kappa shape index (κ2) is 10.3. The van der Waals surface area contributed by atoms with Crippen LogP contribution in [0.5, 0.6) is 0 Å². The van der Waals surface area contributed by atoms with Gasteiger partial charge in [0.05, 0.1) is 0 Å². The molecule has 2 nitrogen and oxygen atoms in total. The second-order valence-electron chi connectivity index (χ2n) is 11.1. The van der Waals surface area contributed by atoms with Crippen LogP contribution in [0.3, 0.4) is 0 Å². The Morgan fingerprint density at radius 3 is 1.70 bits per heavy atom. The van der Waals surface area contributed by atoms with Crippen molar-refractivity contribution in [2.75, 3.05) is 0 Å². The van der Waals surface area contributed by atoms with Crippen LogP contribution < -0.4 is 5.46 Å². The van der Waals surface area contributed by atoms with Crippen molar-refractivity contribution in [3.63, 3.8) is 0 Å². The SMILES string of the molecule is OB(O)c1ccc2c(-c3ccc(-c4ccc5ccccc5c4)cc3)c3ccccc3c(-c3cccc4ccccc34)c2c1. The van der Waals surface area contributed by atoms with E-state index in [1.807, 2.05) is 18.2 Å². The smallest absolute Gasteiger partial charge is 0.423 e. The molecule has 0 amide bonds. The molecule has 8 aromatic rings. The van der Waals surface area contributed by atoms with E-state index in [9.17, 15) is 10.0 Å². The van der Waals surface area contributed by atoms with Crippen LogP contribution in [-0.2, 0) is 0 Å². The molecular formula is C40H27BO2. The fourth-order valence-corrected chi connectivity index (χ4v) is 6.60. The fraction of sp³-hybridized carbons (Fsp3) is 0. The van der Waals surface area contributed by atoms with Gasteiger partial charge in [-0.3, -0.25) is 0 Å². The normalized spacial score (nSPS) is 11.5. The van der Waals surface area contributed by atoms with Crippen molar-refractivity contribution in [2.24, 2.45) is 0 Å². The zero-order chi connectivity index (χ0) is 28.9. The first-order valence-corrected chi connectivity index (χ1v) is 14.6. The molecule has 0 fully saturated rings. The summed E-state index contributed by atoms with van der Waals surface area (Å²) >= 11 is 0. The standard InChI is InChI=1S/C40H27BO2/c42-41(43)32-22-23-37-38(25-32)40(34-15-7-11-28-9-3-4-12-33(28)34)36-14-6-5-13-35(36)39(37)29-19-16-27(17-20-29)31-21-18-26-8-1-2-10-30(26)24-31/h1-25,42-43H. The highest BCUT2D eigenvalue weighted by atomic mass is 16.4. The van der Waals surface area contributed by atoms with Gasteiger partial charge in [0.2, 0.25) is 0 Å². The second-order valence-corrected chi connectivity index (χ2v) is 11.1. The third-order valence-electron chi connectivity index (χ3n) is 8.66. The largest absolute Gasteiger partial charge is 0.488 e. The maximum atomic E-state index is 10.2. The van der Waals surface area contributed by atoms with Crippen LogP contribution in [0.25, 0.3) is 76.5 Å². The van der Waals surface area contributed by atoms with Crippen LogP contribution >= 0.6 is 0 Å². The maximum Gasteiger partial charge on any atom is 0.488 e. The van der Waals surface area contributed by atoms with E-state index in [0.717, 1.165) is 43.8 Å². The van der Waals surface area contributed by atoms with Gasteiger partial charge in [0.25, 0.3) is 0 Å². The Morgan fingerprint density at radius 2 is 0.930 bits per heavy atom. The molecule has 0 saturated heterocycles. The van der Waals surface area contributed by atoms with Crippen molar-refractivity contribution < 1.29 is 10.0 Å². The van der Waals surface area contributed by atoms with Crippen LogP contribution in [0, 0.1) is 0 Å². The predicted octanol–water partition coefficient (Wildman–Crippen LogP) is 8.98. The van der Waals surface area contributed by atoms with Crippen molar-refractivity contribution in [2.45, 2.75) is 0 Å². The molecule has 0 saturated carbocycles. The molecule has 202 valence electrons. The van der Waals surface area contributed by atoms with Crippen LogP contribution in [0.2, 0.25) is 0 Å². The Balaban J connectivity index is 1.39. The lowest BCUT2D eigenvalue weighted by Gasteiger charge is -2.19. The van der Waals surface area contributed by atoms with E-state index < -0.39 is 7.12 Å². The van der Waals surface area contributed by atoms with Gasteiger partial charge in [-0.25, -0.2) is 0 Å². The van der Waals surface area contributed by atoms with Gasteiger partial charge in [0.15, 0.2) is 0 Å². The monoisotopic (exact) mass is 550 g/mol. The van der Waals surface area contributed by atoms with Gasteiger partial charge in [-0.15, -0.1) is 0 Å². The number of fused-ring (bicyclic) bond motifs is 4. The Labute approximate surface area is 250 Å². The van der Waals surface area contributed by atoms with Gasteiger partial charge in [0, 0.05) is 0 Å². The highest BCUT2D eigenvalue weighted by molar-refractivity contribution is 6.59. The molecule has 0 radical (unpaired) electrons. The molecule has 0 bridgehead atoms. The Hall–Kier alpha value is -5.22. The first-order chi connectivity index (χ1) is 21.2. The Bertz CT molecular complexity index is 2310. The molecule has 3 heteroatoms. The molecule has 2 N–H and O–H groups in total. The van der Waals surface area contributed by atoms with Crippen molar-refractivity contribution in [3.05, 3.63) is 152 Å². The molecule has 8 aromatic carbocycles. The van der Waals surface area contributed by atoms with Gasteiger partial charge in [-0.2, -0.15) is 0 Å². The molecule has 0 heterocycles. The lowest BCUT2D eigenvalue weighted by Crippen LogP contribution is -2.29. The predicted molar refractivity (Wildman–Crippen MR) is 183 cm³/mol. The summed E-state index contributed by atoms with van der Waals surface area (Å²) in [7, 11) is -1.55. The van der Waals surface area contributed by atoms with Crippen molar-refractivity contribution in [1.82, 2.24) is 0 Å². The average molecular weight is 550 g/mol. The molecule has 0 spiro atoms. The summed E-state index contributed by atoms with van der Waals surface area (Å²) in [4.78, 5) is 0. The molecule has 43 heavy (non-hydrogen) atoms. The highest BCUT2D eigenvalue weighted by Gasteiger charge is 2.20. The topological polar surface area (TPSA) is 40.5 Å². The third-order valence-corrected chi connectivity index (χ3v) is 8.66. The fourth-order valence-electron chi connectivity index (χ4n) is 6.60. The number of benzene rings is 8. The van der Waals surface area contributed by atoms with E-state index in [4.69, 9.17) is 0 Å². The summed E-state index contributed by atoms with van der Waals surface area (Å²) in [6.45, 7) is 0.